The topological polar surface area (TPSA) is 38.8 Å². The molecule has 0 atom stereocenters. The number of nitrogens with zero attached hydrogens (tertiary/aromatic N) is 1. The van der Waals surface area contributed by atoms with Crippen molar-refractivity contribution in [2.45, 2.75) is 64.0 Å². The molecule has 0 aliphatic carbocycles. The van der Waals surface area contributed by atoms with Gasteiger partial charge in [0.1, 0.15) is 13.2 Å². The zero-order chi connectivity index (χ0) is 22.1. The van der Waals surface area contributed by atoms with Crippen LogP contribution in [0.2, 0.25) is 0 Å². The zero-order valence-corrected chi connectivity index (χ0v) is 15.4. The van der Waals surface area contributed by atoms with Crippen LogP contribution in [-0.2, 0) is 13.6 Å². The molecular weight excluding hydrogens is 427 g/mol. The maximum Gasteiger partial charge on any atom is 0.455 e. The van der Waals surface area contributed by atoms with Gasteiger partial charge in [0.05, 0.1) is 0 Å². The molecule has 27 heavy (non-hydrogen) atoms. The first kappa shape index (κ1) is 26.4. The monoisotopic (exact) mass is 445 g/mol. The molecule has 0 aromatic rings. The van der Waals surface area contributed by atoms with Gasteiger partial charge in [-0.3, -0.25) is 9.05 Å². The van der Waals surface area contributed by atoms with Crippen molar-refractivity contribution in [2.75, 3.05) is 13.2 Å². The van der Waals surface area contributed by atoms with Crippen molar-refractivity contribution < 1.29 is 57.5 Å². The molecule has 0 aromatic heterocycles. The standard InChI is InChI=1S/C12H18F10NO3P/c1-7(2)23(8(3)4)27(24,25-5-9(13,14)11(17,18)19)26-6-10(15,16)12(20,21)22/h7-8H,5-6H2,1-4H3. The lowest BCUT2D eigenvalue weighted by atomic mass is 10.3. The summed E-state index contributed by atoms with van der Waals surface area (Å²) in [6.45, 7) is -0.290. The largest absolute Gasteiger partial charge is 0.455 e. The van der Waals surface area contributed by atoms with Gasteiger partial charge < -0.3 is 0 Å². The Bertz CT molecular complexity index is 491. The molecule has 0 spiro atoms. The molecule has 15 heteroatoms. The maximum atomic E-state index is 13.0. The number of hydrogen-bond acceptors (Lipinski definition) is 3. The summed E-state index contributed by atoms with van der Waals surface area (Å²) < 4.78 is 146. The van der Waals surface area contributed by atoms with E-state index in [1.807, 2.05) is 0 Å². The van der Waals surface area contributed by atoms with E-state index in [-0.39, 0.29) is 0 Å². The number of alkyl halides is 10. The molecule has 0 aliphatic rings. The molecular formula is C12H18F10NO3P. The molecule has 0 unspecified atom stereocenters. The second-order valence-electron chi connectivity index (χ2n) is 5.99. The Morgan fingerprint density at radius 1 is 0.704 bits per heavy atom. The Morgan fingerprint density at radius 2 is 0.963 bits per heavy atom. The summed E-state index contributed by atoms with van der Waals surface area (Å²) in [6, 6.07) is -1.98. The van der Waals surface area contributed by atoms with E-state index in [0.29, 0.717) is 4.67 Å². The predicted molar refractivity (Wildman–Crippen MR) is 73.6 cm³/mol. The molecule has 0 rings (SSSR count). The molecule has 0 aromatic carbocycles. The van der Waals surface area contributed by atoms with Gasteiger partial charge in [0, 0.05) is 12.1 Å². The lowest BCUT2D eigenvalue weighted by molar-refractivity contribution is -0.294. The first-order valence-corrected chi connectivity index (χ1v) is 8.74. The van der Waals surface area contributed by atoms with Crippen molar-refractivity contribution in [3.63, 3.8) is 0 Å². The second kappa shape index (κ2) is 8.42. The Labute approximate surface area is 148 Å². The van der Waals surface area contributed by atoms with Crippen molar-refractivity contribution in [1.82, 2.24) is 4.67 Å². The van der Waals surface area contributed by atoms with Gasteiger partial charge in [0.15, 0.2) is 0 Å². The highest BCUT2D eigenvalue weighted by molar-refractivity contribution is 7.51. The van der Waals surface area contributed by atoms with E-state index < -0.39 is 57.2 Å². The molecule has 0 saturated carbocycles. The summed E-state index contributed by atoms with van der Waals surface area (Å²) >= 11 is 0. The Morgan fingerprint density at radius 3 is 1.15 bits per heavy atom. The average Bonchev–Trinajstić information content (AvgIpc) is 2.40. The van der Waals surface area contributed by atoms with Crippen LogP contribution in [0.5, 0.6) is 0 Å². The van der Waals surface area contributed by atoms with Crippen LogP contribution in [0, 0.1) is 0 Å². The molecule has 0 heterocycles. The third kappa shape index (κ3) is 6.75. The smallest absolute Gasteiger partial charge is 0.290 e. The van der Waals surface area contributed by atoms with Crippen LogP contribution >= 0.6 is 7.75 Å². The highest BCUT2D eigenvalue weighted by atomic mass is 31.2. The van der Waals surface area contributed by atoms with Crippen molar-refractivity contribution in [3.8, 4) is 0 Å². The van der Waals surface area contributed by atoms with Crippen LogP contribution in [0.1, 0.15) is 27.7 Å². The first-order valence-electron chi connectivity index (χ1n) is 7.25. The van der Waals surface area contributed by atoms with Crippen LogP contribution in [0.3, 0.4) is 0 Å². The number of halogens is 10. The summed E-state index contributed by atoms with van der Waals surface area (Å²) in [4.78, 5) is 0. The summed E-state index contributed by atoms with van der Waals surface area (Å²) in [5.41, 5.74) is 0. The summed E-state index contributed by atoms with van der Waals surface area (Å²) in [7, 11) is -5.40. The van der Waals surface area contributed by atoms with Gasteiger partial charge in [-0.15, -0.1) is 0 Å². The minimum atomic E-state index is -6.13. The third-order valence-electron chi connectivity index (χ3n) is 2.99. The molecule has 0 aliphatic heterocycles. The normalized spacial score (nSPS) is 15.3. The molecule has 0 saturated heterocycles. The van der Waals surface area contributed by atoms with Crippen LogP contribution in [0.25, 0.3) is 0 Å². The van der Waals surface area contributed by atoms with Gasteiger partial charge in [-0.2, -0.15) is 43.9 Å². The fourth-order valence-corrected chi connectivity index (χ4v) is 3.94. The highest BCUT2D eigenvalue weighted by Crippen LogP contribution is 2.57. The zero-order valence-electron chi connectivity index (χ0n) is 14.5. The fraction of sp³-hybridized carbons (Fsp3) is 1.00. The molecule has 0 radical (unpaired) electrons. The highest BCUT2D eigenvalue weighted by Gasteiger charge is 2.61. The van der Waals surface area contributed by atoms with Gasteiger partial charge in [0.25, 0.3) is 0 Å². The Balaban J connectivity index is 5.75. The van der Waals surface area contributed by atoms with E-state index >= 15 is 0 Å². The average molecular weight is 445 g/mol. The second-order valence-corrected chi connectivity index (χ2v) is 7.90. The number of hydrogen-bond donors (Lipinski definition) is 0. The fourth-order valence-electron chi connectivity index (χ4n) is 1.82. The summed E-state index contributed by atoms with van der Waals surface area (Å²) in [6.07, 6.45) is -12.3. The summed E-state index contributed by atoms with van der Waals surface area (Å²) in [5, 5.41) is 0. The van der Waals surface area contributed by atoms with E-state index in [9.17, 15) is 48.5 Å². The van der Waals surface area contributed by atoms with E-state index in [2.05, 4.69) is 9.05 Å². The lowest BCUT2D eigenvalue weighted by Crippen LogP contribution is -2.44. The van der Waals surface area contributed by atoms with Gasteiger partial charge in [-0.1, -0.05) is 0 Å². The van der Waals surface area contributed by atoms with Crippen molar-refractivity contribution in [1.29, 1.82) is 0 Å². The quantitative estimate of drug-likeness (QED) is 0.340. The van der Waals surface area contributed by atoms with Crippen molar-refractivity contribution >= 4 is 7.75 Å². The molecule has 164 valence electrons. The van der Waals surface area contributed by atoms with Crippen LogP contribution in [0.15, 0.2) is 0 Å². The van der Waals surface area contributed by atoms with Crippen molar-refractivity contribution in [2.24, 2.45) is 0 Å². The Hall–Kier alpha value is -0.590. The minimum Gasteiger partial charge on any atom is -0.290 e. The van der Waals surface area contributed by atoms with Gasteiger partial charge in [-0.25, -0.2) is 9.24 Å². The van der Waals surface area contributed by atoms with Gasteiger partial charge in [-0.05, 0) is 27.7 Å². The summed E-state index contributed by atoms with van der Waals surface area (Å²) in [5.74, 6) is -11.1. The van der Waals surface area contributed by atoms with E-state index in [1.54, 1.807) is 0 Å². The van der Waals surface area contributed by atoms with Crippen LogP contribution < -0.4 is 0 Å². The lowest BCUT2D eigenvalue weighted by Gasteiger charge is -2.37. The molecule has 0 fully saturated rings. The molecule has 4 nitrogen and oxygen atoms in total. The first-order chi connectivity index (χ1) is 11.7. The molecule has 0 amide bonds. The maximum absolute atomic E-state index is 13.0. The van der Waals surface area contributed by atoms with E-state index in [0.717, 1.165) is 0 Å². The number of rotatable bonds is 9. The molecule has 0 bridgehead atoms. The Kier molecular flexibility index (Phi) is 8.23. The van der Waals surface area contributed by atoms with E-state index in [4.69, 9.17) is 0 Å². The third-order valence-corrected chi connectivity index (χ3v) is 5.39. The van der Waals surface area contributed by atoms with Gasteiger partial charge >= 0.3 is 31.9 Å². The van der Waals surface area contributed by atoms with Crippen LogP contribution in [-0.4, -0.2) is 54.2 Å². The predicted octanol–water partition coefficient (Wildman–Crippen LogP) is 5.64. The molecule has 0 N–H and O–H groups in total. The van der Waals surface area contributed by atoms with Crippen LogP contribution in [0.4, 0.5) is 43.9 Å². The van der Waals surface area contributed by atoms with Crippen molar-refractivity contribution in [3.05, 3.63) is 0 Å². The van der Waals surface area contributed by atoms with E-state index in [1.165, 1.54) is 27.7 Å². The van der Waals surface area contributed by atoms with Gasteiger partial charge in [0.2, 0.25) is 0 Å². The SMILES string of the molecule is CC(C)N(C(C)C)P(=O)(OCC(F)(F)C(F)(F)F)OCC(F)(F)C(F)(F)F. The minimum absolute atomic E-state index is 0.506.